The fourth-order valence-corrected chi connectivity index (χ4v) is 8.57. The van der Waals surface area contributed by atoms with E-state index >= 15 is 0 Å². The maximum absolute atomic E-state index is 12.5. The van der Waals surface area contributed by atoms with E-state index < -0.39 is 24.3 Å². The Morgan fingerprint density at radius 2 is 1.84 bits per heavy atom. The van der Waals surface area contributed by atoms with Crippen molar-refractivity contribution in [3.63, 3.8) is 0 Å². The van der Waals surface area contributed by atoms with E-state index in [0.29, 0.717) is 30.1 Å². The molecule has 0 amide bonds. The molecule has 0 aromatic rings. The van der Waals surface area contributed by atoms with Crippen LogP contribution in [0.25, 0.3) is 0 Å². The molecule has 32 heavy (non-hydrogen) atoms. The lowest BCUT2D eigenvalue weighted by Crippen LogP contribution is -2.52. The third-order valence-corrected chi connectivity index (χ3v) is 10.7. The number of rotatable bonds is 6. The Balaban J connectivity index is 1.41. The van der Waals surface area contributed by atoms with E-state index in [-0.39, 0.29) is 17.3 Å². The molecular formula is C27H43F3O2. The average Bonchev–Trinajstić information content (AvgIpc) is 3.04. The number of aliphatic hydroxyl groups excluding tert-OH is 1. The highest BCUT2D eigenvalue weighted by atomic mass is 19.4. The maximum atomic E-state index is 12.5. The van der Waals surface area contributed by atoms with Crippen LogP contribution in [0.2, 0.25) is 0 Å². The van der Waals surface area contributed by atoms with Crippen LogP contribution in [-0.2, 0) is 0 Å². The summed E-state index contributed by atoms with van der Waals surface area (Å²) >= 11 is 0. The minimum atomic E-state index is -4.28. The first-order chi connectivity index (χ1) is 14.9. The van der Waals surface area contributed by atoms with Crippen LogP contribution >= 0.6 is 0 Å². The van der Waals surface area contributed by atoms with E-state index in [1.807, 2.05) is 0 Å². The van der Waals surface area contributed by atoms with Crippen molar-refractivity contribution in [1.82, 2.24) is 0 Å². The zero-order valence-corrected chi connectivity index (χ0v) is 20.2. The first-order valence-electron chi connectivity index (χ1n) is 13.1. The van der Waals surface area contributed by atoms with Gasteiger partial charge in [0.15, 0.2) is 0 Å². The first-order valence-corrected chi connectivity index (χ1v) is 13.1. The second kappa shape index (κ2) is 8.59. The van der Waals surface area contributed by atoms with E-state index in [1.165, 1.54) is 31.3 Å². The summed E-state index contributed by atoms with van der Waals surface area (Å²) in [5.41, 5.74) is 1.50. The van der Waals surface area contributed by atoms with Crippen molar-refractivity contribution >= 4 is 0 Å². The van der Waals surface area contributed by atoms with Crippen LogP contribution in [-0.4, -0.2) is 28.1 Å². The van der Waals surface area contributed by atoms with Gasteiger partial charge in [-0.15, -0.1) is 0 Å². The molecule has 3 saturated carbocycles. The lowest BCUT2D eigenvalue weighted by Gasteiger charge is -2.59. The molecule has 0 radical (unpaired) electrons. The summed E-state index contributed by atoms with van der Waals surface area (Å²) < 4.78 is 37.5. The second-order valence-corrected chi connectivity index (χ2v) is 12.2. The Morgan fingerprint density at radius 1 is 1.09 bits per heavy atom. The number of fused-ring (bicyclic) bond motifs is 5. The number of hydrogen-bond donors (Lipinski definition) is 2. The van der Waals surface area contributed by atoms with E-state index in [9.17, 15) is 23.4 Å². The maximum Gasteiger partial charge on any atom is 0.391 e. The molecule has 2 nitrogen and oxygen atoms in total. The zero-order valence-electron chi connectivity index (χ0n) is 20.2. The van der Waals surface area contributed by atoms with E-state index in [1.54, 1.807) is 0 Å². The van der Waals surface area contributed by atoms with Gasteiger partial charge in [0.2, 0.25) is 0 Å². The monoisotopic (exact) mass is 456 g/mol. The molecule has 3 fully saturated rings. The Bertz CT molecular complexity index is 718. The van der Waals surface area contributed by atoms with Crippen LogP contribution in [0.3, 0.4) is 0 Å². The van der Waals surface area contributed by atoms with Crippen LogP contribution in [0, 0.1) is 34.5 Å². The Morgan fingerprint density at radius 3 is 2.53 bits per heavy atom. The van der Waals surface area contributed by atoms with Gasteiger partial charge in [-0.2, -0.15) is 13.2 Å². The minimum absolute atomic E-state index is 0.228. The fourth-order valence-electron chi connectivity index (χ4n) is 8.57. The summed E-state index contributed by atoms with van der Waals surface area (Å²) in [6.07, 6.45) is 7.43. The van der Waals surface area contributed by atoms with Crippen molar-refractivity contribution in [3.05, 3.63) is 11.6 Å². The molecule has 0 aliphatic heterocycles. The van der Waals surface area contributed by atoms with Crippen molar-refractivity contribution in [2.75, 3.05) is 0 Å². The summed E-state index contributed by atoms with van der Waals surface area (Å²) in [6.45, 7) is 7.01. The van der Waals surface area contributed by atoms with Crippen molar-refractivity contribution in [1.29, 1.82) is 0 Å². The zero-order chi connectivity index (χ0) is 23.4. The number of hydrogen-bond acceptors (Lipinski definition) is 2. The molecule has 184 valence electrons. The quantitative estimate of drug-likeness (QED) is 0.415. The third-order valence-electron chi connectivity index (χ3n) is 10.7. The van der Waals surface area contributed by atoms with Gasteiger partial charge < -0.3 is 10.2 Å². The standard InChI is InChI=1S/C27H43F3O2/c1-4-26(32)15-14-25(3)19(16-26)8-10-21-22-11-9-18(24(22,2)13-12-23(21)25)6-5-7-20(31)17-27(28,29)30/h8,18,20-23,31-32H,4-7,9-17H2,1-3H3/t18?,20?,21?,22?,23?,24?,25?,26-/m0/s1. The molecule has 0 heterocycles. The van der Waals surface area contributed by atoms with Gasteiger partial charge in [0, 0.05) is 0 Å². The fraction of sp³-hybridized carbons (Fsp3) is 0.926. The highest BCUT2D eigenvalue weighted by Crippen LogP contribution is 2.67. The van der Waals surface area contributed by atoms with Gasteiger partial charge in [-0.1, -0.05) is 38.8 Å². The highest BCUT2D eigenvalue weighted by molar-refractivity contribution is 5.27. The van der Waals surface area contributed by atoms with Crippen molar-refractivity contribution in [3.8, 4) is 0 Å². The van der Waals surface area contributed by atoms with Crippen LogP contribution in [0.15, 0.2) is 11.6 Å². The Kier molecular flexibility index (Phi) is 6.60. The molecular weight excluding hydrogens is 413 g/mol. The number of aliphatic hydroxyl groups is 2. The average molecular weight is 457 g/mol. The second-order valence-electron chi connectivity index (χ2n) is 12.2. The normalized spacial score (nSPS) is 44.9. The molecule has 8 atom stereocenters. The van der Waals surface area contributed by atoms with Crippen LogP contribution < -0.4 is 0 Å². The van der Waals surface area contributed by atoms with Gasteiger partial charge >= 0.3 is 6.18 Å². The number of halogens is 3. The molecule has 0 bridgehead atoms. The SMILES string of the molecule is CC[C@]1(O)CCC2(C)C(=CCC3C2CCC2(C)C(CCCC(O)CC(F)(F)F)CCC32)C1. The summed E-state index contributed by atoms with van der Waals surface area (Å²) in [6, 6.07) is 0. The molecule has 5 heteroatoms. The van der Waals surface area contributed by atoms with Gasteiger partial charge in [-0.25, -0.2) is 0 Å². The van der Waals surface area contributed by atoms with Crippen LogP contribution in [0.1, 0.15) is 104 Å². The smallest absolute Gasteiger partial charge is 0.391 e. The van der Waals surface area contributed by atoms with Crippen LogP contribution in [0.5, 0.6) is 0 Å². The van der Waals surface area contributed by atoms with Gasteiger partial charge in [0.1, 0.15) is 0 Å². The first kappa shape index (κ1) is 24.6. The van der Waals surface area contributed by atoms with Gasteiger partial charge in [-0.3, -0.25) is 0 Å². The summed E-state index contributed by atoms with van der Waals surface area (Å²) in [4.78, 5) is 0. The molecule has 0 aromatic carbocycles. The number of alkyl halides is 3. The minimum Gasteiger partial charge on any atom is -0.393 e. The van der Waals surface area contributed by atoms with Crippen molar-refractivity contribution < 1.29 is 23.4 Å². The molecule has 4 aliphatic rings. The highest BCUT2D eigenvalue weighted by Gasteiger charge is 2.59. The lowest BCUT2D eigenvalue weighted by atomic mass is 9.46. The predicted molar refractivity (Wildman–Crippen MR) is 121 cm³/mol. The van der Waals surface area contributed by atoms with E-state index in [0.717, 1.165) is 38.5 Å². The van der Waals surface area contributed by atoms with Gasteiger partial charge in [-0.05, 0) is 105 Å². The van der Waals surface area contributed by atoms with E-state index in [2.05, 4.69) is 26.8 Å². The molecule has 2 N–H and O–H groups in total. The predicted octanol–water partition coefficient (Wildman–Crippen LogP) is 7.19. The Hall–Kier alpha value is -0.550. The Labute approximate surface area is 192 Å². The van der Waals surface area contributed by atoms with Gasteiger partial charge in [0.05, 0.1) is 18.1 Å². The lowest BCUT2D eigenvalue weighted by molar-refractivity contribution is -0.154. The largest absolute Gasteiger partial charge is 0.393 e. The molecule has 4 aliphatic carbocycles. The molecule has 0 spiro atoms. The molecule has 0 aromatic heterocycles. The molecule has 0 saturated heterocycles. The van der Waals surface area contributed by atoms with Crippen molar-refractivity contribution in [2.24, 2.45) is 34.5 Å². The molecule has 4 rings (SSSR count). The summed E-state index contributed by atoms with van der Waals surface area (Å²) in [5.74, 6) is 2.68. The van der Waals surface area contributed by atoms with Crippen molar-refractivity contribution in [2.45, 2.75) is 122 Å². The molecule has 7 unspecified atom stereocenters. The third kappa shape index (κ3) is 4.42. The topological polar surface area (TPSA) is 40.5 Å². The van der Waals surface area contributed by atoms with Gasteiger partial charge in [0.25, 0.3) is 0 Å². The van der Waals surface area contributed by atoms with Crippen LogP contribution in [0.4, 0.5) is 13.2 Å². The summed E-state index contributed by atoms with van der Waals surface area (Å²) in [5, 5.41) is 20.7. The van der Waals surface area contributed by atoms with E-state index in [4.69, 9.17) is 0 Å². The summed E-state index contributed by atoms with van der Waals surface area (Å²) in [7, 11) is 0. The number of allylic oxidation sites excluding steroid dienone is 1.